The highest BCUT2D eigenvalue weighted by Gasteiger charge is 2.11. The zero-order valence-electron chi connectivity index (χ0n) is 9.74. The van der Waals surface area contributed by atoms with Gasteiger partial charge in [0.1, 0.15) is 4.83 Å². The molecule has 15 heavy (non-hydrogen) atoms. The third kappa shape index (κ3) is 1.91. The monoisotopic (exact) mass is 219 g/mol. The van der Waals surface area contributed by atoms with Crippen molar-refractivity contribution in [3.8, 4) is 0 Å². The summed E-state index contributed by atoms with van der Waals surface area (Å²) in [6, 6.07) is 4.46. The zero-order chi connectivity index (χ0) is 11.0. The van der Waals surface area contributed by atoms with E-state index in [1.807, 2.05) is 17.5 Å². The van der Waals surface area contributed by atoms with Gasteiger partial charge < -0.3 is 0 Å². The first kappa shape index (κ1) is 10.6. The molecular formula is C13H17NS. The summed E-state index contributed by atoms with van der Waals surface area (Å²) < 4.78 is 0. The average Bonchev–Trinajstić information content (AvgIpc) is 2.60. The molecule has 0 amide bonds. The molecule has 2 heterocycles. The second kappa shape index (κ2) is 3.93. The van der Waals surface area contributed by atoms with Crippen LogP contribution in [-0.4, -0.2) is 4.98 Å². The summed E-state index contributed by atoms with van der Waals surface area (Å²) in [6.07, 6.45) is 1.93. The van der Waals surface area contributed by atoms with Crippen LogP contribution in [0.2, 0.25) is 0 Å². The fraction of sp³-hybridized carbons (Fsp3) is 0.462. The molecule has 0 aromatic carbocycles. The second-order valence-electron chi connectivity index (χ2n) is 4.58. The molecule has 2 heteroatoms. The van der Waals surface area contributed by atoms with Crippen LogP contribution in [0, 0.1) is 0 Å². The third-order valence-corrected chi connectivity index (χ3v) is 4.02. The van der Waals surface area contributed by atoms with Gasteiger partial charge in [-0.2, -0.15) is 0 Å². The topological polar surface area (TPSA) is 12.9 Å². The standard InChI is InChI=1S/C13H17NS/c1-8(2)10-5-6-14-13-11(10)7-12(15-13)9(3)4/h5-9H,1-4H3. The number of hydrogen-bond donors (Lipinski definition) is 0. The Morgan fingerprint density at radius 3 is 2.47 bits per heavy atom. The smallest absolute Gasteiger partial charge is 0.123 e. The Hall–Kier alpha value is -0.890. The summed E-state index contributed by atoms with van der Waals surface area (Å²) in [6.45, 7) is 8.95. The summed E-state index contributed by atoms with van der Waals surface area (Å²) in [5.74, 6) is 1.18. The Bertz CT molecular complexity index is 468. The molecule has 0 bridgehead atoms. The minimum absolute atomic E-state index is 0.574. The SMILES string of the molecule is CC(C)c1cc2c(C(C)C)ccnc2s1. The van der Waals surface area contributed by atoms with Crippen LogP contribution in [-0.2, 0) is 0 Å². The molecule has 0 saturated carbocycles. The van der Waals surface area contributed by atoms with Crippen molar-refractivity contribution in [1.82, 2.24) is 4.98 Å². The number of hydrogen-bond acceptors (Lipinski definition) is 2. The molecule has 2 rings (SSSR count). The zero-order valence-corrected chi connectivity index (χ0v) is 10.6. The van der Waals surface area contributed by atoms with Gasteiger partial charge in [-0.1, -0.05) is 27.7 Å². The van der Waals surface area contributed by atoms with Crippen LogP contribution < -0.4 is 0 Å². The summed E-state index contributed by atoms with van der Waals surface area (Å²) in [4.78, 5) is 7.07. The molecule has 0 saturated heterocycles. The van der Waals surface area contributed by atoms with Crippen LogP contribution in [0.4, 0.5) is 0 Å². The van der Waals surface area contributed by atoms with Crippen molar-refractivity contribution in [2.45, 2.75) is 39.5 Å². The van der Waals surface area contributed by atoms with Gasteiger partial charge in [0.15, 0.2) is 0 Å². The van der Waals surface area contributed by atoms with Crippen LogP contribution in [0.5, 0.6) is 0 Å². The highest BCUT2D eigenvalue weighted by Crippen LogP contribution is 2.33. The second-order valence-corrected chi connectivity index (χ2v) is 5.64. The van der Waals surface area contributed by atoms with Gasteiger partial charge in [-0.15, -0.1) is 11.3 Å². The van der Waals surface area contributed by atoms with Gasteiger partial charge in [-0.05, 0) is 29.5 Å². The normalized spacial score (nSPS) is 11.9. The molecule has 1 nitrogen and oxygen atoms in total. The molecular weight excluding hydrogens is 202 g/mol. The van der Waals surface area contributed by atoms with Crippen molar-refractivity contribution in [2.24, 2.45) is 0 Å². The van der Waals surface area contributed by atoms with Crippen molar-refractivity contribution in [3.63, 3.8) is 0 Å². The third-order valence-electron chi connectivity index (χ3n) is 2.68. The maximum Gasteiger partial charge on any atom is 0.123 e. The predicted octanol–water partition coefficient (Wildman–Crippen LogP) is 4.54. The van der Waals surface area contributed by atoms with E-state index in [-0.39, 0.29) is 0 Å². The Balaban J connectivity index is 2.64. The van der Waals surface area contributed by atoms with Gasteiger partial charge in [-0.25, -0.2) is 4.98 Å². The van der Waals surface area contributed by atoms with E-state index in [0.717, 1.165) is 0 Å². The molecule has 0 aliphatic carbocycles. The maximum absolute atomic E-state index is 4.45. The van der Waals surface area contributed by atoms with Crippen LogP contribution in [0.3, 0.4) is 0 Å². The van der Waals surface area contributed by atoms with E-state index in [4.69, 9.17) is 0 Å². The molecule has 0 spiro atoms. The van der Waals surface area contributed by atoms with Crippen molar-refractivity contribution in [1.29, 1.82) is 0 Å². The molecule has 80 valence electrons. The lowest BCUT2D eigenvalue weighted by atomic mass is 10.0. The van der Waals surface area contributed by atoms with Crippen molar-refractivity contribution >= 4 is 21.6 Å². The van der Waals surface area contributed by atoms with Gasteiger partial charge >= 0.3 is 0 Å². The van der Waals surface area contributed by atoms with E-state index in [1.165, 1.54) is 20.7 Å². The lowest BCUT2D eigenvalue weighted by Crippen LogP contribution is -1.88. The summed E-state index contributed by atoms with van der Waals surface area (Å²) in [5.41, 5.74) is 1.42. The number of fused-ring (bicyclic) bond motifs is 1. The van der Waals surface area contributed by atoms with Gasteiger partial charge in [0.25, 0.3) is 0 Å². The van der Waals surface area contributed by atoms with E-state index in [0.29, 0.717) is 11.8 Å². The van der Waals surface area contributed by atoms with Crippen molar-refractivity contribution < 1.29 is 0 Å². The molecule has 0 aliphatic rings. The van der Waals surface area contributed by atoms with Crippen LogP contribution in [0.25, 0.3) is 10.2 Å². The van der Waals surface area contributed by atoms with Crippen LogP contribution in [0.1, 0.15) is 50.0 Å². The summed E-state index contributed by atoms with van der Waals surface area (Å²) in [5, 5.41) is 1.35. The minimum Gasteiger partial charge on any atom is -0.245 e. The first-order valence-corrected chi connectivity index (χ1v) is 6.29. The Labute approximate surface area is 95.2 Å². The van der Waals surface area contributed by atoms with E-state index in [9.17, 15) is 0 Å². The largest absolute Gasteiger partial charge is 0.245 e. The number of thiophene rings is 1. The van der Waals surface area contributed by atoms with E-state index >= 15 is 0 Å². The molecule has 2 aromatic heterocycles. The minimum atomic E-state index is 0.574. The lowest BCUT2D eigenvalue weighted by Gasteiger charge is -2.05. The molecule has 0 radical (unpaired) electrons. The average molecular weight is 219 g/mol. The quantitative estimate of drug-likeness (QED) is 0.722. The number of nitrogens with zero attached hydrogens (tertiary/aromatic N) is 1. The Kier molecular flexibility index (Phi) is 2.79. The summed E-state index contributed by atoms with van der Waals surface area (Å²) >= 11 is 1.83. The Morgan fingerprint density at radius 1 is 1.13 bits per heavy atom. The molecule has 0 unspecified atom stereocenters. The highest BCUT2D eigenvalue weighted by molar-refractivity contribution is 7.18. The number of aromatic nitrogens is 1. The first-order valence-electron chi connectivity index (χ1n) is 5.48. The predicted molar refractivity (Wildman–Crippen MR) is 67.8 cm³/mol. The molecule has 2 aromatic rings. The molecule has 0 fully saturated rings. The van der Waals surface area contributed by atoms with E-state index in [1.54, 1.807) is 0 Å². The Morgan fingerprint density at radius 2 is 1.87 bits per heavy atom. The van der Waals surface area contributed by atoms with Crippen LogP contribution >= 0.6 is 11.3 Å². The number of pyridine rings is 1. The van der Waals surface area contributed by atoms with Crippen molar-refractivity contribution in [3.05, 3.63) is 28.8 Å². The first-order chi connectivity index (χ1) is 7.09. The maximum atomic E-state index is 4.45. The molecule has 0 aliphatic heterocycles. The van der Waals surface area contributed by atoms with Gasteiger partial charge in [0.2, 0.25) is 0 Å². The molecule has 0 atom stereocenters. The van der Waals surface area contributed by atoms with Gasteiger partial charge in [0, 0.05) is 16.5 Å². The summed E-state index contributed by atoms with van der Waals surface area (Å²) in [7, 11) is 0. The van der Waals surface area contributed by atoms with E-state index < -0.39 is 0 Å². The molecule has 0 N–H and O–H groups in total. The van der Waals surface area contributed by atoms with Gasteiger partial charge in [-0.3, -0.25) is 0 Å². The highest BCUT2D eigenvalue weighted by atomic mass is 32.1. The lowest BCUT2D eigenvalue weighted by molar-refractivity contribution is 0.872. The number of rotatable bonds is 2. The van der Waals surface area contributed by atoms with Crippen LogP contribution in [0.15, 0.2) is 18.3 Å². The fourth-order valence-corrected chi connectivity index (χ4v) is 2.80. The van der Waals surface area contributed by atoms with E-state index in [2.05, 4.69) is 44.8 Å². The fourth-order valence-electron chi connectivity index (χ4n) is 1.77. The van der Waals surface area contributed by atoms with Crippen molar-refractivity contribution in [2.75, 3.05) is 0 Å². The van der Waals surface area contributed by atoms with Gasteiger partial charge in [0.05, 0.1) is 0 Å².